The summed E-state index contributed by atoms with van der Waals surface area (Å²) in [4.78, 5) is 28.2. The number of rotatable bonds is 5. The van der Waals surface area contributed by atoms with Crippen LogP contribution >= 0.6 is 0 Å². The van der Waals surface area contributed by atoms with Gasteiger partial charge in [-0.15, -0.1) is 0 Å². The van der Waals surface area contributed by atoms with Crippen LogP contribution in [-0.2, 0) is 6.42 Å². The van der Waals surface area contributed by atoms with E-state index in [0.717, 1.165) is 12.1 Å². The summed E-state index contributed by atoms with van der Waals surface area (Å²) >= 11 is 0. The Morgan fingerprint density at radius 3 is 2.79 bits per heavy atom. The van der Waals surface area contributed by atoms with Crippen molar-refractivity contribution >= 4 is 17.5 Å². The van der Waals surface area contributed by atoms with Crippen LogP contribution in [-0.4, -0.2) is 31.0 Å². The predicted molar refractivity (Wildman–Crippen MR) is 89.1 cm³/mol. The minimum absolute atomic E-state index is 0.207. The fraction of sp³-hybridized carbons (Fsp3) is 0.118. The van der Waals surface area contributed by atoms with Crippen LogP contribution < -0.4 is 5.32 Å². The van der Waals surface area contributed by atoms with E-state index in [9.17, 15) is 4.79 Å². The maximum atomic E-state index is 11.1. The Kier molecular flexibility index (Phi) is 4.42. The van der Waals surface area contributed by atoms with Gasteiger partial charge in [0.15, 0.2) is 5.82 Å². The van der Waals surface area contributed by atoms with Gasteiger partial charge in [0.05, 0.1) is 11.8 Å². The molecule has 3 rings (SSSR count). The van der Waals surface area contributed by atoms with E-state index in [2.05, 4.69) is 25.3 Å². The quantitative estimate of drug-likeness (QED) is 0.745. The summed E-state index contributed by atoms with van der Waals surface area (Å²) in [7, 11) is 0. The van der Waals surface area contributed by atoms with Crippen LogP contribution in [0.2, 0.25) is 0 Å². The number of carboxylic acids is 1. The zero-order chi connectivity index (χ0) is 16.9. The summed E-state index contributed by atoms with van der Waals surface area (Å²) in [6, 6.07) is 8.38. The van der Waals surface area contributed by atoms with Crippen LogP contribution in [0.25, 0.3) is 11.5 Å². The van der Waals surface area contributed by atoms with Gasteiger partial charge in [-0.05, 0) is 24.6 Å². The minimum Gasteiger partial charge on any atom is -0.478 e. The van der Waals surface area contributed by atoms with Crippen LogP contribution in [0.1, 0.15) is 23.0 Å². The lowest BCUT2D eigenvalue weighted by Gasteiger charge is -2.09. The first-order valence-corrected chi connectivity index (χ1v) is 7.40. The third kappa shape index (κ3) is 3.52. The van der Waals surface area contributed by atoms with Gasteiger partial charge in [-0.25, -0.2) is 19.7 Å². The molecule has 0 amide bonds. The number of hydrogen-bond acceptors (Lipinski definition) is 6. The van der Waals surface area contributed by atoms with Gasteiger partial charge >= 0.3 is 5.97 Å². The molecule has 2 N–H and O–H groups in total. The standard InChI is InChI=1S/C17H15N5O2/c1-2-12-9-15(20-13-5-3-4-11(8-13)17(23)24)22-16(21-12)14-10-18-6-7-19-14/h3-10H,2H2,1H3,(H,23,24)(H,20,21,22). The fourth-order valence-electron chi connectivity index (χ4n) is 2.15. The summed E-state index contributed by atoms with van der Waals surface area (Å²) in [6.07, 6.45) is 5.51. The summed E-state index contributed by atoms with van der Waals surface area (Å²) in [6.45, 7) is 2.00. The molecule has 7 nitrogen and oxygen atoms in total. The summed E-state index contributed by atoms with van der Waals surface area (Å²) in [5, 5.41) is 12.2. The number of anilines is 2. The van der Waals surface area contributed by atoms with Crippen molar-refractivity contribution in [2.24, 2.45) is 0 Å². The number of carbonyl (C=O) groups is 1. The second-order valence-electron chi connectivity index (χ2n) is 5.02. The van der Waals surface area contributed by atoms with Gasteiger partial charge in [0, 0.05) is 29.8 Å². The average Bonchev–Trinajstić information content (AvgIpc) is 2.62. The third-order valence-corrected chi connectivity index (χ3v) is 3.32. The molecule has 3 aromatic rings. The number of aromatic nitrogens is 4. The normalized spacial score (nSPS) is 10.4. The first kappa shape index (κ1) is 15.5. The Morgan fingerprint density at radius 2 is 2.08 bits per heavy atom. The molecule has 0 fully saturated rings. The molecule has 0 saturated heterocycles. The number of hydrogen-bond donors (Lipinski definition) is 2. The molecule has 120 valence electrons. The van der Waals surface area contributed by atoms with E-state index in [4.69, 9.17) is 5.11 Å². The molecule has 0 spiro atoms. The van der Waals surface area contributed by atoms with E-state index in [0.29, 0.717) is 23.0 Å². The van der Waals surface area contributed by atoms with E-state index in [1.807, 2.05) is 13.0 Å². The largest absolute Gasteiger partial charge is 0.478 e. The topological polar surface area (TPSA) is 101 Å². The van der Waals surface area contributed by atoms with E-state index in [-0.39, 0.29) is 5.56 Å². The molecule has 0 unspecified atom stereocenters. The van der Waals surface area contributed by atoms with Crippen LogP contribution in [0.3, 0.4) is 0 Å². The van der Waals surface area contributed by atoms with Crippen molar-refractivity contribution in [3.8, 4) is 11.5 Å². The van der Waals surface area contributed by atoms with Crippen molar-refractivity contribution in [3.63, 3.8) is 0 Å². The molecule has 0 radical (unpaired) electrons. The molecule has 0 aliphatic heterocycles. The molecule has 2 heterocycles. The Balaban J connectivity index is 1.96. The molecule has 0 aliphatic rings. The Bertz CT molecular complexity index is 868. The van der Waals surface area contributed by atoms with Crippen LogP contribution in [0, 0.1) is 0 Å². The number of aryl methyl sites for hydroxylation is 1. The highest BCUT2D eigenvalue weighted by atomic mass is 16.4. The van der Waals surface area contributed by atoms with Gasteiger partial charge in [0.1, 0.15) is 11.5 Å². The Hall–Kier alpha value is -3.35. The molecule has 24 heavy (non-hydrogen) atoms. The highest BCUT2D eigenvalue weighted by Crippen LogP contribution is 2.20. The van der Waals surface area contributed by atoms with E-state index in [1.54, 1.807) is 36.8 Å². The molecule has 0 bridgehead atoms. The SMILES string of the molecule is CCc1cc(Nc2cccc(C(=O)O)c2)nc(-c2cnccn2)n1. The maximum Gasteiger partial charge on any atom is 0.335 e. The number of aromatic carboxylic acids is 1. The molecular formula is C17H15N5O2. The molecule has 1 aromatic carbocycles. The summed E-state index contributed by atoms with van der Waals surface area (Å²) < 4.78 is 0. The number of benzene rings is 1. The van der Waals surface area contributed by atoms with Gasteiger partial charge in [-0.2, -0.15) is 0 Å². The lowest BCUT2D eigenvalue weighted by Crippen LogP contribution is -2.03. The van der Waals surface area contributed by atoms with Crippen molar-refractivity contribution in [2.45, 2.75) is 13.3 Å². The predicted octanol–water partition coefficient (Wildman–Crippen LogP) is 2.94. The van der Waals surface area contributed by atoms with Crippen molar-refractivity contribution in [1.82, 2.24) is 19.9 Å². The van der Waals surface area contributed by atoms with Gasteiger partial charge in [0.25, 0.3) is 0 Å². The first-order chi connectivity index (χ1) is 11.7. The molecule has 0 aliphatic carbocycles. The molecule has 0 atom stereocenters. The van der Waals surface area contributed by atoms with E-state index < -0.39 is 5.97 Å². The van der Waals surface area contributed by atoms with Gasteiger partial charge < -0.3 is 10.4 Å². The zero-order valence-electron chi connectivity index (χ0n) is 13.0. The third-order valence-electron chi connectivity index (χ3n) is 3.32. The first-order valence-electron chi connectivity index (χ1n) is 7.40. The minimum atomic E-state index is -0.976. The van der Waals surface area contributed by atoms with Gasteiger partial charge in [-0.3, -0.25) is 4.98 Å². The van der Waals surface area contributed by atoms with Crippen molar-refractivity contribution in [1.29, 1.82) is 0 Å². The van der Waals surface area contributed by atoms with Crippen molar-refractivity contribution in [3.05, 3.63) is 60.2 Å². The average molecular weight is 321 g/mol. The smallest absolute Gasteiger partial charge is 0.335 e. The second kappa shape index (κ2) is 6.82. The number of carboxylic acid groups (broad SMARTS) is 1. The van der Waals surface area contributed by atoms with Crippen LogP contribution in [0.5, 0.6) is 0 Å². The highest BCUT2D eigenvalue weighted by Gasteiger charge is 2.09. The number of nitrogens with zero attached hydrogens (tertiary/aromatic N) is 4. The van der Waals surface area contributed by atoms with Gasteiger partial charge in [-0.1, -0.05) is 13.0 Å². The van der Waals surface area contributed by atoms with Crippen LogP contribution in [0.4, 0.5) is 11.5 Å². The van der Waals surface area contributed by atoms with Crippen molar-refractivity contribution in [2.75, 3.05) is 5.32 Å². The molecule has 2 aromatic heterocycles. The monoisotopic (exact) mass is 321 g/mol. The van der Waals surface area contributed by atoms with Gasteiger partial charge in [0.2, 0.25) is 0 Å². The Morgan fingerprint density at radius 1 is 1.21 bits per heavy atom. The Labute approximate surface area is 138 Å². The molecular weight excluding hydrogens is 306 g/mol. The molecule has 7 heteroatoms. The lowest BCUT2D eigenvalue weighted by molar-refractivity contribution is 0.0697. The van der Waals surface area contributed by atoms with Crippen molar-refractivity contribution < 1.29 is 9.90 Å². The zero-order valence-corrected chi connectivity index (χ0v) is 13.0. The maximum absolute atomic E-state index is 11.1. The summed E-state index contributed by atoms with van der Waals surface area (Å²) in [5.41, 5.74) is 2.28. The van der Waals surface area contributed by atoms with E-state index in [1.165, 1.54) is 6.07 Å². The molecule has 0 saturated carbocycles. The highest BCUT2D eigenvalue weighted by molar-refractivity contribution is 5.89. The second-order valence-corrected chi connectivity index (χ2v) is 5.02. The number of nitrogens with one attached hydrogen (secondary N) is 1. The lowest BCUT2D eigenvalue weighted by atomic mass is 10.2. The van der Waals surface area contributed by atoms with E-state index >= 15 is 0 Å². The summed E-state index contributed by atoms with van der Waals surface area (Å²) in [5.74, 6) is 0.0696. The van der Waals surface area contributed by atoms with Crippen LogP contribution in [0.15, 0.2) is 48.9 Å². The fourth-order valence-corrected chi connectivity index (χ4v) is 2.15.